The maximum atomic E-state index is 12.9. The molecule has 0 N–H and O–H groups in total. The molecule has 0 unspecified atom stereocenters. The molecular formula is C22H24N2O3S. The molecule has 146 valence electrons. The second kappa shape index (κ2) is 7.80. The van der Waals surface area contributed by atoms with Crippen LogP contribution in [0.2, 0.25) is 0 Å². The molecule has 1 aliphatic rings. The molecule has 4 rings (SSSR count). The smallest absolute Gasteiger partial charge is 0.262 e. The van der Waals surface area contributed by atoms with Crippen LogP contribution in [0.25, 0.3) is 21.9 Å². The molecule has 3 heterocycles. The summed E-state index contributed by atoms with van der Waals surface area (Å²) < 4.78 is 13.0. The van der Waals surface area contributed by atoms with Gasteiger partial charge in [-0.2, -0.15) is 0 Å². The third kappa shape index (κ3) is 3.33. The van der Waals surface area contributed by atoms with E-state index in [0.29, 0.717) is 13.2 Å². The molecule has 0 amide bonds. The van der Waals surface area contributed by atoms with Gasteiger partial charge < -0.3 is 9.47 Å². The van der Waals surface area contributed by atoms with Crippen molar-refractivity contribution in [3.8, 4) is 11.5 Å². The number of rotatable bonds is 6. The van der Waals surface area contributed by atoms with Crippen LogP contribution in [0.4, 0.5) is 0 Å². The summed E-state index contributed by atoms with van der Waals surface area (Å²) in [4.78, 5) is 19.7. The Bertz CT molecular complexity index is 1110. The number of ether oxygens (including phenoxy) is 2. The highest BCUT2D eigenvalue weighted by Gasteiger charge is 2.22. The summed E-state index contributed by atoms with van der Waals surface area (Å²) in [7, 11) is 1.65. The van der Waals surface area contributed by atoms with E-state index >= 15 is 0 Å². The summed E-state index contributed by atoms with van der Waals surface area (Å²) in [5, 5.41) is 0.742. The molecule has 5 nitrogen and oxygen atoms in total. The van der Waals surface area contributed by atoms with Crippen molar-refractivity contribution < 1.29 is 9.47 Å². The zero-order valence-electron chi connectivity index (χ0n) is 16.4. The van der Waals surface area contributed by atoms with Crippen LogP contribution >= 0.6 is 11.3 Å². The van der Waals surface area contributed by atoms with Gasteiger partial charge in [0.05, 0.1) is 19.1 Å². The Labute approximate surface area is 168 Å². The number of hydrogen-bond donors (Lipinski definition) is 0. The maximum Gasteiger partial charge on any atom is 0.262 e. The van der Waals surface area contributed by atoms with Gasteiger partial charge in [0, 0.05) is 11.4 Å². The normalized spacial score (nSPS) is 14.6. The predicted molar refractivity (Wildman–Crippen MR) is 115 cm³/mol. The first-order valence-corrected chi connectivity index (χ1v) is 10.5. The lowest BCUT2D eigenvalue weighted by Gasteiger charge is -2.11. The SMILES string of the molecule is CCCOc1cc(/C=C2\CCn3c2nc2sc(CC)cc2c3=O)ccc1OC. The summed E-state index contributed by atoms with van der Waals surface area (Å²) in [6, 6.07) is 7.90. The van der Waals surface area contributed by atoms with E-state index < -0.39 is 0 Å². The van der Waals surface area contributed by atoms with Crippen LogP contribution in [0, 0.1) is 0 Å². The van der Waals surface area contributed by atoms with Gasteiger partial charge in [0.25, 0.3) is 5.56 Å². The van der Waals surface area contributed by atoms with E-state index in [1.807, 2.05) is 24.3 Å². The number of thiophene rings is 1. The minimum Gasteiger partial charge on any atom is -0.493 e. The van der Waals surface area contributed by atoms with Crippen molar-refractivity contribution in [2.45, 2.75) is 39.7 Å². The molecule has 0 spiro atoms. The zero-order valence-corrected chi connectivity index (χ0v) is 17.3. The maximum absolute atomic E-state index is 12.9. The Morgan fingerprint density at radius 1 is 1.25 bits per heavy atom. The Hall–Kier alpha value is -2.60. The van der Waals surface area contributed by atoms with E-state index in [0.717, 1.165) is 57.9 Å². The summed E-state index contributed by atoms with van der Waals surface area (Å²) in [5.41, 5.74) is 2.17. The molecule has 28 heavy (non-hydrogen) atoms. The molecule has 0 saturated heterocycles. The van der Waals surface area contributed by atoms with Crippen LogP contribution in [0.5, 0.6) is 11.5 Å². The fraction of sp³-hybridized carbons (Fsp3) is 0.364. The molecule has 0 bridgehead atoms. The molecule has 0 radical (unpaired) electrons. The number of fused-ring (bicyclic) bond motifs is 2. The molecule has 0 aliphatic carbocycles. The van der Waals surface area contributed by atoms with E-state index in [1.54, 1.807) is 23.0 Å². The van der Waals surface area contributed by atoms with Crippen molar-refractivity contribution in [1.29, 1.82) is 0 Å². The van der Waals surface area contributed by atoms with Gasteiger partial charge in [0.15, 0.2) is 11.5 Å². The summed E-state index contributed by atoms with van der Waals surface area (Å²) in [6.45, 7) is 5.50. The van der Waals surface area contributed by atoms with Crippen LogP contribution in [0.15, 0.2) is 29.1 Å². The van der Waals surface area contributed by atoms with E-state index in [9.17, 15) is 4.79 Å². The molecule has 1 aromatic carbocycles. The zero-order chi connectivity index (χ0) is 19.7. The lowest BCUT2D eigenvalue weighted by Crippen LogP contribution is -2.19. The lowest BCUT2D eigenvalue weighted by atomic mass is 10.1. The molecule has 0 atom stereocenters. The molecule has 3 aromatic rings. The Kier molecular flexibility index (Phi) is 5.22. The number of benzene rings is 1. The largest absolute Gasteiger partial charge is 0.493 e. The number of methoxy groups -OCH3 is 1. The minimum atomic E-state index is 0.0704. The van der Waals surface area contributed by atoms with Crippen LogP contribution in [-0.4, -0.2) is 23.3 Å². The summed E-state index contributed by atoms with van der Waals surface area (Å²) in [6.07, 6.45) is 4.76. The predicted octanol–water partition coefficient (Wildman–Crippen LogP) is 4.76. The third-order valence-electron chi connectivity index (χ3n) is 4.93. The number of aromatic nitrogens is 2. The molecule has 2 aromatic heterocycles. The van der Waals surface area contributed by atoms with Gasteiger partial charge in [-0.1, -0.05) is 19.9 Å². The average Bonchev–Trinajstić information content (AvgIpc) is 3.31. The lowest BCUT2D eigenvalue weighted by molar-refractivity contribution is 0.294. The van der Waals surface area contributed by atoms with Gasteiger partial charge in [-0.15, -0.1) is 11.3 Å². The number of hydrogen-bond acceptors (Lipinski definition) is 5. The quantitative estimate of drug-likeness (QED) is 0.603. The van der Waals surface area contributed by atoms with Crippen LogP contribution in [0.3, 0.4) is 0 Å². The summed E-state index contributed by atoms with van der Waals surface area (Å²) in [5.74, 6) is 2.25. The first kappa shape index (κ1) is 18.7. The first-order valence-electron chi connectivity index (χ1n) is 9.69. The Morgan fingerprint density at radius 2 is 2.11 bits per heavy atom. The van der Waals surface area contributed by atoms with Gasteiger partial charge >= 0.3 is 0 Å². The van der Waals surface area contributed by atoms with Crippen molar-refractivity contribution in [3.63, 3.8) is 0 Å². The van der Waals surface area contributed by atoms with Crippen molar-refractivity contribution >= 4 is 33.2 Å². The molecule has 0 saturated carbocycles. The van der Waals surface area contributed by atoms with Crippen LogP contribution in [0.1, 0.15) is 43.0 Å². The monoisotopic (exact) mass is 396 g/mol. The minimum absolute atomic E-state index is 0.0704. The van der Waals surface area contributed by atoms with E-state index in [-0.39, 0.29) is 5.56 Å². The standard InChI is InChI=1S/C22H24N2O3S/c1-4-10-27-19-12-14(6-7-18(19)26-3)11-15-8-9-24-20(15)23-21-17(22(24)25)13-16(5-2)28-21/h6-7,11-13H,4-5,8-10H2,1-3H3/b15-11+. The molecule has 6 heteroatoms. The van der Waals surface area contributed by atoms with Gasteiger partial charge in [-0.05, 0) is 54.7 Å². The van der Waals surface area contributed by atoms with Crippen LogP contribution < -0.4 is 15.0 Å². The van der Waals surface area contributed by atoms with Crippen molar-refractivity contribution in [2.24, 2.45) is 0 Å². The second-order valence-electron chi connectivity index (χ2n) is 6.86. The Morgan fingerprint density at radius 3 is 2.86 bits per heavy atom. The van der Waals surface area contributed by atoms with Gasteiger partial charge in [0.1, 0.15) is 10.7 Å². The highest BCUT2D eigenvalue weighted by molar-refractivity contribution is 7.18. The molecular weight excluding hydrogens is 372 g/mol. The van der Waals surface area contributed by atoms with E-state index in [4.69, 9.17) is 14.5 Å². The summed E-state index contributed by atoms with van der Waals surface area (Å²) >= 11 is 1.61. The number of nitrogens with zero attached hydrogens (tertiary/aromatic N) is 2. The van der Waals surface area contributed by atoms with E-state index in [1.165, 1.54) is 4.88 Å². The highest BCUT2D eigenvalue weighted by atomic mass is 32.1. The van der Waals surface area contributed by atoms with Gasteiger partial charge in [-0.3, -0.25) is 9.36 Å². The van der Waals surface area contributed by atoms with Gasteiger partial charge in [0.2, 0.25) is 0 Å². The number of allylic oxidation sites excluding steroid dienone is 1. The Balaban J connectivity index is 1.75. The third-order valence-corrected chi connectivity index (χ3v) is 6.11. The fourth-order valence-electron chi connectivity index (χ4n) is 3.48. The second-order valence-corrected chi connectivity index (χ2v) is 7.97. The topological polar surface area (TPSA) is 53.4 Å². The van der Waals surface area contributed by atoms with Gasteiger partial charge in [-0.25, -0.2) is 4.98 Å². The molecule has 1 aliphatic heterocycles. The van der Waals surface area contributed by atoms with Crippen molar-refractivity contribution in [1.82, 2.24) is 9.55 Å². The fourth-order valence-corrected chi connectivity index (χ4v) is 4.44. The van der Waals surface area contributed by atoms with Crippen molar-refractivity contribution in [2.75, 3.05) is 13.7 Å². The average molecular weight is 397 g/mol. The first-order chi connectivity index (χ1) is 13.6. The molecule has 0 fully saturated rings. The van der Waals surface area contributed by atoms with E-state index in [2.05, 4.69) is 19.9 Å². The highest BCUT2D eigenvalue weighted by Crippen LogP contribution is 2.33. The van der Waals surface area contributed by atoms with Crippen molar-refractivity contribution in [3.05, 3.63) is 50.9 Å². The van der Waals surface area contributed by atoms with Crippen LogP contribution in [-0.2, 0) is 13.0 Å². The number of aryl methyl sites for hydroxylation is 1.